The Labute approximate surface area is 196 Å². The Bertz CT molecular complexity index is 991. The van der Waals surface area contributed by atoms with Crippen LogP contribution in [0.25, 0.3) is 0 Å². The summed E-state index contributed by atoms with van der Waals surface area (Å²) in [5.74, 6) is 0.654. The molecule has 3 aliphatic rings. The van der Waals surface area contributed by atoms with Crippen LogP contribution in [-0.2, 0) is 11.2 Å². The van der Waals surface area contributed by atoms with Crippen molar-refractivity contribution >= 4 is 11.9 Å². The minimum atomic E-state index is 0.0755. The van der Waals surface area contributed by atoms with Gasteiger partial charge < -0.3 is 9.30 Å². The van der Waals surface area contributed by atoms with Crippen LogP contribution in [0.1, 0.15) is 79.3 Å². The molecule has 2 saturated carbocycles. The fourth-order valence-corrected chi connectivity index (χ4v) is 6.47. The highest BCUT2D eigenvalue weighted by atomic mass is 32.2. The highest BCUT2D eigenvalue weighted by Crippen LogP contribution is 2.37. The van der Waals surface area contributed by atoms with Gasteiger partial charge in [-0.1, -0.05) is 42.3 Å². The summed E-state index contributed by atoms with van der Waals surface area (Å²) in [6.07, 6.45) is 9.54. The molecular formula is C27H36N2O2S. The Morgan fingerprint density at radius 2 is 1.75 bits per heavy atom. The predicted octanol–water partition coefficient (Wildman–Crippen LogP) is 5.46. The summed E-state index contributed by atoms with van der Waals surface area (Å²) in [4.78, 5) is 13.1. The number of nitrogens with one attached hydrogen (secondary N) is 1. The first kappa shape index (κ1) is 22.2. The standard InChI is InChI=1S/C27H36N2O2S/c1-18-5-3-4-6-24(18)20-8-12-22(13-9-20)31-17-26-25(28-32-23-14-15-23)16-11-21-10-7-19(2)27(30)29(21)26/h3-7,10,20,22-23,25-26,28H,8-9,11-17H2,1-2H3. The van der Waals surface area contributed by atoms with Crippen LogP contribution in [0.4, 0.5) is 0 Å². The predicted molar refractivity (Wildman–Crippen MR) is 132 cm³/mol. The summed E-state index contributed by atoms with van der Waals surface area (Å²) in [5, 5.41) is 0.754. The van der Waals surface area contributed by atoms with Gasteiger partial charge in [-0.15, -0.1) is 0 Å². The van der Waals surface area contributed by atoms with E-state index in [1.165, 1.54) is 36.8 Å². The second kappa shape index (κ2) is 9.74. The molecule has 1 N–H and O–H groups in total. The molecule has 2 heterocycles. The number of nitrogens with zero attached hydrogens (tertiary/aromatic N) is 1. The van der Waals surface area contributed by atoms with E-state index in [9.17, 15) is 4.79 Å². The number of fused-ring (bicyclic) bond motifs is 1. The van der Waals surface area contributed by atoms with E-state index in [1.807, 2.05) is 29.5 Å². The lowest BCUT2D eigenvalue weighted by Gasteiger charge is -2.37. The topological polar surface area (TPSA) is 43.3 Å². The van der Waals surface area contributed by atoms with Crippen LogP contribution in [0.3, 0.4) is 0 Å². The van der Waals surface area contributed by atoms with Crippen LogP contribution >= 0.6 is 11.9 Å². The van der Waals surface area contributed by atoms with Crippen molar-refractivity contribution in [2.45, 2.75) is 94.6 Å². The van der Waals surface area contributed by atoms with Crippen molar-refractivity contribution in [2.75, 3.05) is 6.61 Å². The molecule has 2 unspecified atom stereocenters. The van der Waals surface area contributed by atoms with Gasteiger partial charge in [-0.05, 0) is 88.3 Å². The minimum Gasteiger partial charge on any atom is -0.376 e. The summed E-state index contributed by atoms with van der Waals surface area (Å²) in [6.45, 7) is 4.78. The van der Waals surface area contributed by atoms with Gasteiger partial charge in [0.2, 0.25) is 0 Å². The molecule has 0 bridgehead atoms. The van der Waals surface area contributed by atoms with Crippen molar-refractivity contribution < 1.29 is 4.74 Å². The van der Waals surface area contributed by atoms with E-state index in [0.717, 1.165) is 42.2 Å². The fraction of sp³-hybridized carbons (Fsp3) is 0.593. The summed E-state index contributed by atoms with van der Waals surface area (Å²) in [7, 11) is 0. The number of aryl methyl sites for hydroxylation is 3. The lowest BCUT2D eigenvalue weighted by molar-refractivity contribution is -0.00155. The summed E-state index contributed by atoms with van der Waals surface area (Å²) < 4.78 is 12.3. The lowest BCUT2D eigenvalue weighted by Crippen LogP contribution is -2.46. The molecule has 0 saturated heterocycles. The third kappa shape index (κ3) is 4.85. The molecule has 0 radical (unpaired) electrons. The number of aromatic nitrogens is 1. The molecule has 172 valence electrons. The molecular weight excluding hydrogens is 416 g/mol. The summed E-state index contributed by atoms with van der Waals surface area (Å²) in [6, 6.07) is 13.3. The van der Waals surface area contributed by atoms with Crippen LogP contribution < -0.4 is 10.3 Å². The maximum Gasteiger partial charge on any atom is 0.254 e. The van der Waals surface area contributed by atoms with E-state index in [4.69, 9.17) is 4.74 Å². The van der Waals surface area contributed by atoms with Crippen molar-refractivity contribution in [3.63, 3.8) is 0 Å². The largest absolute Gasteiger partial charge is 0.376 e. The smallest absolute Gasteiger partial charge is 0.254 e. The highest BCUT2D eigenvalue weighted by Gasteiger charge is 2.34. The van der Waals surface area contributed by atoms with Gasteiger partial charge >= 0.3 is 0 Å². The third-order valence-corrected chi connectivity index (χ3v) is 8.86. The molecule has 1 aromatic heterocycles. The Kier molecular flexibility index (Phi) is 6.77. The van der Waals surface area contributed by atoms with Crippen LogP contribution in [0.15, 0.2) is 41.2 Å². The fourth-order valence-electron chi connectivity index (χ4n) is 5.45. The van der Waals surface area contributed by atoms with E-state index >= 15 is 0 Å². The first-order chi connectivity index (χ1) is 15.6. The minimum absolute atomic E-state index is 0.0755. The Morgan fingerprint density at radius 1 is 0.969 bits per heavy atom. The van der Waals surface area contributed by atoms with Gasteiger partial charge in [-0.2, -0.15) is 0 Å². The third-order valence-electron chi connectivity index (χ3n) is 7.61. The molecule has 1 aromatic carbocycles. The van der Waals surface area contributed by atoms with Crippen molar-refractivity contribution in [2.24, 2.45) is 0 Å². The van der Waals surface area contributed by atoms with Gasteiger partial charge in [-0.3, -0.25) is 9.52 Å². The van der Waals surface area contributed by atoms with Gasteiger partial charge in [0.1, 0.15) is 0 Å². The van der Waals surface area contributed by atoms with Gasteiger partial charge in [0.15, 0.2) is 0 Å². The van der Waals surface area contributed by atoms with Crippen molar-refractivity contribution in [1.29, 1.82) is 0 Å². The Hall–Kier alpha value is -1.56. The van der Waals surface area contributed by atoms with E-state index in [2.05, 4.69) is 42.0 Å². The molecule has 32 heavy (non-hydrogen) atoms. The number of benzene rings is 1. The number of hydrogen-bond acceptors (Lipinski definition) is 4. The van der Waals surface area contributed by atoms with Crippen molar-refractivity contribution in [1.82, 2.24) is 9.29 Å². The molecule has 2 aromatic rings. The molecule has 2 atom stereocenters. The molecule has 0 amide bonds. The monoisotopic (exact) mass is 452 g/mol. The maximum absolute atomic E-state index is 13.1. The van der Waals surface area contributed by atoms with Gasteiger partial charge in [0.05, 0.1) is 18.8 Å². The second-order valence-electron chi connectivity index (χ2n) is 9.99. The maximum atomic E-state index is 13.1. The number of ether oxygens (including phenoxy) is 1. The average molecular weight is 453 g/mol. The first-order valence-corrected chi connectivity index (χ1v) is 13.3. The zero-order valence-corrected chi connectivity index (χ0v) is 20.2. The molecule has 5 rings (SSSR count). The number of pyridine rings is 1. The van der Waals surface area contributed by atoms with Crippen molar-refractivity contribution in [3.05, 3.63) is 69.1 Å². The lowest BCUT2D eigenvalue weighted by atomic mass is 9.81. The first-order valence-electron chi connectivity index (χ1n) is 12.4. The molecule has 2 aliphatic carbocycles. The Balaban J connectivity index is 1.25. The highest BCUT2D eigenvalue weighted by molar-refractivity contribution is 7.98. The number of rotatable bonds is 7. The van der Waals surface area contributed by atoms with Crippen molar-refractivity contribution in [3.8, 4) is 0 Å². The van der Waals surface area contributed by atoms with Gasteiger partial charge in [0, 0.05) is 22.5 Å². The molecule has 4 nitrogen and oxygen atoms in total. The van der Waals surface area contributed by atoms with E-state index in [0.29, 0.717) is 18.6 Å². The Morgan fingerprint density at radius 3 is 2.50 bits per heavy atom. The van der Waals surface area contributed by atoms with Crippen LogP contribution in [0.2, 0.25) is 0 Å². The van der Waals surface area contributed by atoms with Gasteiger partial charge in [-0.25, -0.2) is 0 Å². The zero-order chi connectivity index (χ0) is 22.1. The molecule has 1 aliphatic heterocycles. The van der Waals surface area contributed by atoms with E-state index in [1.54, 1.807) is 0 Å². The SMILES string of the molecule is Cc1ccccc1C1CCC(OCC2C(NSC3CC3)CCc3ccc(C)c(=O)n32)CC1. The quantitative estimate of drug-likeness (QED) is 0.566. The van der Waals surface area contributed by atoms with Crippen LogP contribution in [0, 0.1) is 13.8 Å². The van der Waals surface area contributed by atoms with E-state index < -0.39 is 0 Å². The molecule has 0 spiro atoms. The molecule has 5 heteroatoms. The zero-order valence-electron chi connectivity index (χ0n) is 19.4. The number of hydrogen-bond donors (Lipinski definition) is 1. The van der Waals surface area contributed by atoms with Crippen LogP contribution in [-0.4, -0.2) is 28.6 Å². The second-order valence-corrected chi connectivity index (χ2v) is 11.1. The summed E-state index contributed by atoms with van der Waals surface area (Å²) in [5.41, 5.74) is 5.06. The van der Waals surface area contributed by atoms with E-state index in [-0.39, 0.29) is 17.6 Å². The normalized spacial score (nSPS) is 27.8. The van der Waals surface area contributed by atoms with Crippen LogP contribution in [0.5, 0.6) is 0 Å². The van der Waals surface area contributed by atoms with Gasteiger partial charge in [0.25, 0.3) is 5.56 Å². The summed E-state index contributed by atoms with van der Waals surface area (Å²) >= 11 is 1.88. The average Bonchev–Trinajstić information content (AvgIpc) is 3.64. The molecule has 2 fully saturated rings.